The van der Waals surface area contributed by atoms with Crippen molar-refractivity contribution < 1.29 is 49.4 Å². The summed E-state index contributed by atoms with van der Waals surface area (Å²) in [5, 5.41) is 19.2. The van der Waals surface area contributed by atoms with Gasteiger partial charge in [-0.3, -0.25) is 20.2 Å². The Balaban J connectivity index is 3.19. The summed E-state index contributed by atoms with van der Waals surface area (Å²) in [6.07, 6.45) is -17.9. The van der Waals surface area contributed by atoms with E-state index < -0.39 is 94.9 Å². The highest BCUT2D eigenvalue weighted by atomic mass is 35.5. The molecule has 0 unspecified atom stereocenters. The first-order valence-electron chi connectivity index (χ1n) is 9.33. The molecule has 0 aliphatic carbocycles. The van der Waals surface area contributed by atoms with Crippen molar-refractivity contribution in [3.8, 4) is 0 Å². The number of nitro groups is 2. The minimum atomic E-state index is -5.67. The van der Waals surface area contributed by atoms with Crippen LogP contribution in [0.3, 0.4) is 0 Å². The van der Waals surface area contributed by atoms with Gasteiger partial charge < -0.3 is 5.32 Å². The molecule has 2 aromatic rings. The van der Waals surface area contributed by atoms with E-state index >= 15 is 0 Å². The molecular weight excluding hydrogens is 600 g/mol. The van der Waals surface area contributed by atoms with E-state index in [1.807, 2.05) is 0 Å². The van der Waals surface area contributed by atoms with Gasteiger partial charge in [-0.05, 0) is 12.0 Å². The lowest BCUT2D eigenvalue weighted by molar-refractivity contribution is -0.393. The molecule has 19 heteroatoms. The molecule has 0 radical (unpaired) electrons. The van der Waals surface area contributed by atoms with Crippen LogP contribution in [-0.2, 0) is 24.9 Å². The Labute approximate surface area is 214 Å². The van der Waals surface area contributed by atoms with Crippen LogP contribution in [0, 0.1) is 20.2 Å². The summed E-state index contributed by atoms with van der Waals surface area (Å²) in [7, 11) is 0. The van der Waals surface area contributed by atoms with Gasteiger partial charge in [0.1, 0.15) is 5.69 Å². The molecule has 1 N–H and O–H groups in total. The molecule has 204 valence electrons. The van der Waals surface area contributed by atoms with Crippen molar-refractivity contribution in [3.63, 3.8) is 0 Å². The van der Waals surface area contributed by atoms with Gasteiger partial charge >= 0.3 is 24.2 Å². The lowest BCUT2D eigenvalue weighted by Gasteiger charge is -2.25. The lowest BCUT2D eigenvalue weighted by Crippen LogP contribution is -2.19. The molecule has 37 heavy (non-hydrogen) atoms. The maximum Gasteiger partial charge on any atom is 0.419 e. The third-order valence-electron chi connectivity index (χ3n) is 4.70. The molecule has 0 atom stereocenters. The molecule has 0 aromatic heterocycles. The Hall–Kier alpha value is -2.72. The number of nitro benzene ring substituents is 2. The Kier molecular flexibility index (Phi) is 8.42. The van der Waals surface area contributed by atoms with Gasteiger partial charge in [-0.25, -0.2) is 0 Å². The average molecular weight is 609 g/mol. The zero-order valence-electron chi connectivity index (χ0n) is 17.6. The van der Waals surface area contributed by atoms with E-state index in [1.165, 1.54) is 6.92 Å². The summed E-state index contributed by atoms with van der Waals surface area (Å²) in [5.41, 5.74) is -14.4. The number of nitrogens with zero attached hydrogens (tertiary/aromatic N) is 2. The van der Waals surface area contributed by atoms with Crippen molar-refractivity contribution in [3.05, 3.63) is 63.6 Å². The fraction of sp³-hybridized carbons (Fsp3) is 0.333. The van der Waals surface area contributed by atoms with Gasteiger partial charge in [0, 0.05) is 6.07 Å². The van der Waals surface area contributed by atoms with Gasteiger partial charge in [-0.1, -0.05) is 48.1 Å². The Bertz CT molecular complexity index is 1280. The number of nitrogens with one attached hydrogen (secondary N) is 1. The van der Waals surface area contributed by atoms with Gasteiger partial charge in [-0.2, -0.15) is 39.5 Å². The van der Waals surface area contributed by atoms with Crippen LogP contribution in [0.1, 0.15) is 35.6 Å². The van der Waals surface area contributed by atoms with Crippen LogP contribution >= 0.6 is 34.8 Å². The molecular formula is C18H9Cl3F9N3O4. The van der Waals surface area contributed by atoms with E-state index in [1.54, 1.807) is 5.32 Å². The minimum absolute atomic E-state index is 0.231. The van der Waals surface area contributed by atoms with Crippen LogP contribution in [0.5, 0.6) is 0 Å². The second kappa shape index (κ2) is 10.2. The van der Waals surface area contributed by atoms with Crippen LogP contribution in [0.15, 0.2) is 6.07 Å². The maximum absolute atomic E-state index is 13.8. The normalized spacial score (nSPS) is 12.6. The molecule has 0 aliphatic rings. The van der Waals surface area contributed by atoms with E-state index in [0.29, 0.717) is 0 Å². The number of alkyl halides is 9. The molecule has 2 rings (SSSR count). The van der Waals surface area contributed by atoms with Crippen LogP contribution in [0.2, 0.25) is 15.1 Å². The zero-order valence-corrected chi connectivity index (χ0v) is 19.8. The SMILES string of the molecule is CCCc1c(Nc2c(C(F)(F)F)cc([N+](=O)[O-])c(Cl)c2[N+](=O)[O-])c(Cl)c(C(F)(F)F)c(Cl)c1C(F)(F)F. The lowest BCUT2D eigenvalue weighted by atomic mass is 9.96. The summed E-state index contributed by atoms with van der Waals surface area (Å²) in [6, 6.07) is -0.268. The number of rotatable bonds is 6. The highest BCUT2D eigenvalue weighted by molar-refractivity contribution is 6.39. The van der Waals surface area contributed by atoms with Gasteiger partial charge in [-0.15, -0.1) is 0 Å². The smallest absolute Gasteiger partial charge is 0.348 e. The van der Waals surface area contributed by atoms with Crippen LogP contribution < -0.4 is 5.32 Å². The van der Waals surface area contributed by atoms with Gasteiger partial charge in [0.2, 0.25) is 0 Å². The predicted molar refractivity (Wildman–Crippen MR) is 114 cm³/mol. The first-order valence-corrected chi connectivity index (χ1v) is 10.5. The minimum Gasteiger partial charge on any atom is -0.348 e. The van der Waals surface area contributed by atoms with E-state index in [2.05, 4.69) is 0 Å². The second-order valence-electron chi connectivity index (χ2n) is 7.09. The summed E-state index contributed by atoms with van der Waals surface area (Å²) in [5.74, 6) is 0. The topological polar surface area (TPSA) is 98.3 Å². The molecule has 0 fully saturated rings. The third kappa shape index (κ3) is 5.90. The molecule has 0 saturated heterocycles. The molecule has 0 saturated carbocycles. The van der Waals surface area contributed by atoms with E-state index in [9.17, 15) is 59.7 Å². The van der Waals surface area contributed by atoms with Crippen molar-refractivity contribution >= 4 is 57.6 Å². The van der Waals surface area contributed by atoms with Crippen LogP contribution in [-0.4, -0.2) is 9.85 Å². The Morgan fingerprint density at radius 2 is 1.30 bits per heavy atom. The van der Waals surface area contributed by atoms with Crippen molar-refractivity contribution in [2.24, 2.45) is 0 Å². The van der Waals surface area contributed by atoms with E-state index in [-0.39, 0.29) is 12.5 Å². The summed E-state index contributed by atoms with van der Waals surface area (Å²) in [6.45, 7) is 1.26. The highest BCUT2D eigenvalue weighted by Crippen LogP contribution is 2.54. The Morgan fingerprint density at radius 1 is 0.784 bits per heavy atom. The summed E-state index contributed by atoms with van der Waals surface area (Å²) in [4.78, 5) is 19.5. The number of hydrogen-bond donors (Lipinski definition) is 1. The number of anilines is 2. The van der Waals surface area contributed by atoms with E-state index in [4.69, 9.17) is 34.8 Å². The maximum atomic E-state index is 13.8. The zero-order chi connectivity index (χ0) is 28.8. The van der Waals surface area contributed by atoms with Gasteiger partial charge in [0.05, 0.1) is 42.3 Å². The fourth-order valence-corrected chi connectivity index (χ4v) is 4.44. The molecule has 2 aromatic carbocycles. The quantitative estimate of drug-likeness (QED) is 0.200. The fourth-order valence-electron chi connectivity index (χ4n) is 3.32. The van der Waals surface area contributed by atoms with Crippen LogP contribution in [0.4, 0.5) is 62.3 Å². The summed E-state index contributed by atoms with van der Waals surface area (Å²) >= 11 is 16.7. The first-order chi connectivity index (χ1) is 16.7. The van der Waals surface area contributed by atoms with E-state index in [0.717, 1.165) is 0 Å². The third-order valence-corrected chi connectivity index (χ3v) is 5.83. The molecule has 0 aliphatic heterocycles. The highest BCUT2D eigenvalue weighted by Gasteiger charge is 2.47. The van der Waals surface area contributed by atoms with Gasteiger partial charge in [0.15, 0.2) is 5.02 Å². The molecule has 0 spiro atoms. The number of halogens is 12. The molecule has 0 heterocycles. The van der Waals surface area contributed by atoms with Crippen molar-refractivity contribution in [1.82, 2.24) is 0 Å². The second-order valence-corrected chi connectivity index (χ2v) is 8.23. The average Bonchev–Trinajstić information content (AvgIpc) is 2.67. The standard InChI is InChI=1S/C18H9Cl3F9N3O4/c1-2-3-5-8(17(25,26)27)11(20)9(18(28,29)30)12(21)13(5)31-14-6(16(22,23)24)4-7(32(34)35)10(19)15(14)33(36)37/h4,31H,2-3H2,1H3. The summed E-state index contributed by atoms with van der Waals surface area (Å²) < 4.78 is 124. The largest absolute Gasteiger partial charge is 0.419 e. The molecule has 0 bridgehead atoms. The molecule has 0 amide bonds. The Morgan fingerprint density at radius 3 is 1.68 bits per heavy atom. The van der Waals surface area contributed by atoms with Crippen LogP contribution in [0.25, 0.3) is 0 Å². The monoisotopic (exact) mass is 607 g/mol. The number of hydrogen-bond acceptors (Lipinski definition) is 5. The van der Waals surface area contributed by atoms with Crippen molar-refractivity contribution in [2.75, 3.05) is 5.32 Å². The number of benzene rings is 2. The van der Waals surface area contributed by atoms with Gasteiger partial charge in [0.25, 0.3) is 5.69 Å². The molecule has 7 nitrogen and oxygen atoms in total. The van der Waals surface area contributed by atoms with Crippen molar-refractivity contribution in [2.45, 2.75) is 38.3 Å². The predicted octanol–water partition coefficient (Wildman–Crippen LogP) is 9.22. The first kappa shape index (κ1) is 30.5. The van der Waals surface area contributed by atoms with Crippen molar-refractivity contribution in [1.29, 1.82) is 0 Å².